The van der Waals surface area contributed by atoms with Crippen LogP contribution in [0.3, 0.4) is 0 Å². The molecule has 0 spiro atoms. The fraction of sp³-hybridized carbons (Fsp3) is 0.286. The summed E-state index contributed by atoms with van der Waals surface area (Å²) in [7, 11) is 0. The second-order valence-corrected chi connectivity index (χ2v) is 5.70. The van der Waals surface area contributed by atoms with E-state index in [9.17, 15) is 0 Å². The molecule has 2 aromatic rings. The van der Waals surface area contributed by atoms with Gasteiger partial charge in [0, 0.05) is 15.8 Å². The van der Waals surface area contributed by atoms with E-state index in [0.29, 0.717) is 13.2 Å². The number of ether oxygens (including phenoxy) is 2. The SMILES string of the molecule is Brc1cccc(OCCOCCc2cccs2)c1. The lowest BCUT2D eigenvalue weighted by atomic mass is 10.3. The highest BCUT2D eigenvalue weighted by atomic mass is 79.9. The molecule has 2 rings (SSSR count). The van der Waals surface area contributed by atoms with Crippen LogP contribution in [0.5, 0.6) is 5.75 Å². The van der Waals surface area contributed by atoms with Crippen LogP contribution in [0, 0.1) is 0 Å². The maximum absolute atomic E-state index is 5.57. The summed E-state index contributed by atoms with van der Waals surface area (Å²) in [6, 6.07) is 12.0. The lowest BCUT2D eigenvalue weighted by Crippen LogP contribution is -2.08. The number of benzene rings is 1. The molecule has 0 amide bonds. The van der Waals surface area contributed by atoms with Crippen molar-refractivity contribution in [2.75, 3.05) is 19.8 Å². The number of hydrogen-bond acceptors (Lipinski definition) is 3. The molecule has 2 nitrogen and oxygen atoms in total. The van der Waals surface area contributed by atoms with Gasteiger partial charge in [0.1, 0.15) is 12.4 Å². The monoisotopic (exact) mass is 326 g/mol. The van der Waals surface area contributed by atoms with Crippen molar-refractivity contribution in [3.63, 3.8) is 0 Å². The Labute approximate surface area is 120 Å². The summed E-state index contributed by atoms with van der Waals surface area (Å²) in [4.78, 5) is 1.36. The average molecular weight is 327 g/mol. The van der Waals surface area contributed by atoms with Gasteiger partial charge in [-0.25, -0.2) is 0 Å². The summed E-state index contributed by atoms with van der Waals surface area (Å²) >= 11 is 5.18. The molecule has 96 valence electrons. The number of rotatable bonds is 7. The normalized spacial score (nSPS) is 10.5. The highest BCUT2D eigenvalue weighted by Gasteiger charge is 1.96. The van der Waals surface area contributed by atoms with Crippen molar-refractivity contribution >= 4 is 27.3 Å². The van der Waals surface area contributed by atoms with E-state index in [1.54, 1.807) is 11.3 Å². The summed E-state index contributed by atoms with van der Waals surface area (Å²) in [5.41, 5.74) is 0. The van der Waals surface area contributed by atoms with Crippen molar-refractivity contribution in [2.45, 2.75) is 6.42 Å². The van der Waals surface area contributed by atoms with Crippen LogP contribution >= 0.6 is 27.3 Å². The van der Waals surface area contributed by atoms with Crippen molar-refractivity contribution < 1.29 is 9.47 Å². The first-order chi connectivity index (χ1) is 8.84. The van der Waals surface area contributed by atoms with Crippen LogP contribution in [-0.2, 0) is 11.2 Å². The third-order valence-electron chi connectivity index (χ3n) is 2.37. The van der Waals surface area contributed by atoms with E-state index < -0.39 is 0 Å². The van der Waals surface area contributed by atoms with E-state index in [2.05, 4.69) is 33.4 Å². The first kappa shape index (κ1) is 13.6. The molecule has 1 aromatic heterocycles. The Morgan fingerprint density at radius 2 is 2.00 bits per heavy atom. The molecule has 0 atom stereocenters. The topological polar surface area (TPSA) is 18.5 Å². The molecule has 0 fully saturated rings. The first-order valence-electron chi connectivity index (χ1n) is 5.83. The van der Waals surface area contributed by atoms with Crippen LogP contribution in [0.15, 0.2) is 46.3 Å². The molecule has 0 N–H and O–H groups in total. The smallest absolute Gasteiger partial charge is 0.120 e. The second kappa shape index (κ2) is 7.56. The van der Waals surface area contributed by atoms with E-state index in [0.717, 1.165) is 23.2 Å². The zero-order chi connectivity index (χ0) is 12.6. The Bertz CT molecular complexity index is 457. The predicted octanol–water partition coefficient (Wildman–Crippen LogP) is 4.15. The number of thiophene rings is 1. The van der Waals surface area contributed by atoms with E-state index in [1.165, 1.54) is 4.88 Å². The van der Waals surface area contributed by atoms with Gasteiger partial charge in [0.25, 0.3) is 0 Å². The molecule has 0 saturated carbocycles. The van der Waals surface area contributed by atoms with Crippen LogP contribution in [0.1, 0.15) is 4.88 Å². The van der Waals surface area contributed by atoms with Gasteiger partial charge in [0.05, 0.1) is 13.2 Å². The quantitative estimate of drug-likeness (QED) is 0.711. The van der Waals surface area contributed by atoms with Crippen LogP contribution in [0.4, 0.5) is 0 Å². The van der Waals surface area contributed by atoms with Gasteiger partial charge in [-0.15, -0.1) is 11.3 Å². The van der Waals surface area contributed by atoms with Crippen molar-refractivity contribution in [1.82, 2.24) is 0 Å². The Balaban J connectivity index is 1.56. The zero-order valence-electron chi connectivity index (χ0n) is 9.97. The fourth-order valence-corrected chi connectivity index (χ4v) is 2.57. The van der Waals surface area contributed by atoms with Gasteiger partial charge in [0.15, 0.2) is 0 Å². The van der Waals surface area contributed by atoms with Crippen molar-refractivity contribution in [1.29, 1.82) is 0 Å². The molecule has 1 heterocycles. The van der Waals surface area contributed by atoms with E-state index in [1.807, 2.05) is 24.3 Å². The van der Waals surface area contributed by atoms with Crippen molar-refractivity contribution in [3.8, 4) is 5.75 Å². The molecule has 0 radical (unpaired) electrons. The summed E-state index contributed by atoms with van der Waals surface area (Å²) < 4.78 is 12.1. The maximum atomic E-state index is 5.57. The van der Waals surface area contributed by atoms with Crippen LogP contribution in [-0.4, -0.2) is 19.8 Å². The molecule has 18 heavy (non-hydrogen) atoms. The first-order valence-corrected chi connectivity index (χ1v) is 7.50. The Morgan fingerprint density at radius 1 is 1.06 bits per heavy atom. The zero-order valence-corrected chi connectivity index (χ0v) is 12.4. The maximum Gasteiger partial charge on any atom is 0.120 e. The lowest BCUT2D eigenvalue weighted by molar-refractivity contribution is 0.103. The minimum absolute atomic E-state index is 0.584. The highest BCUT2D eigenvalue weighted by molar-refractivity contribution is 9.10. The molecule has 0 aliphatic carbocycles. The molecular formula is C14H15BrO2S. The lowest BCUT2D eigenvalue weighted by Gasteiger charge is -2.07. The molecule has 4 heteroatoms. The number of halogens is 1. The van der Waals surface area contributed by atoms with E-state index in [-0.39, 0.29) is 0 Å². The molecule has 0 unspecified atom stereocenters. The molecule has 1 aromatic carbocycles. The minimum Gasteiger partial charge on any atom is -0.491 e. The molecule has 0 saturated heterocycles. The van der Waals surface area contributed by atoms with Gasteiger partial charge in [-0.05, 0) is 29.6 Å². The van der Waals surface area contributed by atoms with Crippen molar-refractivity contribution in [2.24, 2.45) is 0 Å². The highest BCUT2D eigenvalue weighted by Crippen LogP contribution is 2.17. The average Bonchev–Trinajstić information content (AvgIpc) is 2.87. The molecular weight excluding hydrogens is 312 g/mol. The number of hydrogen-bond donors (Lipinski definition) is 0. The van der Waals surface area contributed by atoms with E-state index >= 15 is 0 Å². The van der Waals surface area contributed by atoms with Crippen LogP contribution in [0.25, 0.3) is 0 Å². The van der Waals surface area contributed by atoms with Gasteiger partial charge in [-0.2, -0.15) is 0 Å². The summed E-state index contributed by atoms with van der Waals surface area (Å²) in [5.74, 6) is 0.867. The second-order valence-electron chi connectivity index (χ2n) is 3.75. The van der Waals surface area contributed by atoms with Crippen LogP contribution in [0.2, 0.25) is 0 Å². The van der Waals surface area contributed by atoms with Gasteiger partial charge in [0.2, 0.25) is 0 Å². The largest absolute Gasteiger partial charge is 0.491 e. The fourth-order valence-electron chi connectivity index (χ4n) is 1.50. The van der Waals surface area contributed by atoms with Crippen molar-refractivity contribution in [3.05, 3.63) is 51.1 Å². The molecule has 0 bridgehead atoms. The third kappa shape index (κ3) is 4.80. The van der Waals surface area contributed by atoms with Gasteiger partial charge < -0.3 is 9.47 Å². The van der Waals surface area contributed by atoms with Gasteiger partial charge in [-0.1, -0.05) is 28.1 Å². The standard InChI is InChI=1S/C14H15BrO2S/c15-12-3-1-4-13(11-12)17-9-8-16-7-6-14-5-2-10-18-14/h1-5,10-11H,6-9H2. The minimum atomic E-state index is 0.584. The van der Waals surface area contributed by atoms with Gasteiger partial charge >= 0.3 is 0 Å². The summed E-state index contributed by atoms with van der Waals surface area (Å²) in [6.45, 7) is 1.96. The Hall–Kier alpha value is -0.840. The van der Waals surface area contributed by atoms with E-state index in [4.69, 9.17) is 9.47 Å². The predicted molar refractivity (Wildman–Crippen MR) is 78.5 cm³/mol. The summed E-state index contributed by atoms with van der Waals surface area (Å²) in [5, 5.41) is 2.09. The third-order valence-corrected chi connectivity index (χ3v) is 3.79. The molecule has 0 aliphatic heterocycles. The molecule has 0 aliphatic rings. The Morgan fingerprint density at radius 3 is 2.78 bits per heavy atom. The van der Waals surface area contributed by atoms with Crippen LogP contribution < -0.4 is 4.74 Å². The van der Waals surface area contributed by atoms with Gasteiger partial charge in [-0.3, -0.25) is 0 Å². The Kier molecular flexibility index (Phi) is 5.71. The summed E-state index contributed by atoms with van der Waals surface area (Å²) in [6.07, 6.45) is 0.981.